The molecule has 2 aliphatic heterocycles. The summed E-state index contributed by atoms with van der Waals surface area (Å²) in [5, 5.41) is 12.0. The van der Waals surface area contributed by atoms with Crippen LogP contribution in [-0.2, 0) is 30.9 Å². The van der Waals surface area contributed by atoms with Crippen LogP contribution >= 0.6 is 0 Å². The van der Waals surface area contributed by atoms with Gasteiger partial charge in [-0.1, -0.05) is 6.07 Å². The first kappa shape index (κ1) is 23.1. The minimum Gasteiger partial charge on any atom is -0.477 e. The van der Waals surface area contributed by atoms with Gasteiger partial charge in [0.05, 0.1) is 17.4 Å². The molecule has 2 aliphatic carbocycles. The van der Waals surface area contributed by atoms with Crippen molar-refractivity contribution < 1.29 is 38.4 Å². The van der Waals surface area contributed by atoms with E-state index in [9.17, 15) is 19.5 Å². The van der Waals surface area contributed by atoms with E-state index in [4.69, 9.17) is 18.9 Å². The molecule has 0 radical (unpaired) electrons. The molecule has 2 bridgehead atoms. The van der Waals surface area contributed by atoms with E-state index in [0.29, 0.717) is 25.0 Å². The Labute approximate surface area is 198 Å². The van der Waals surface area contributed by atoms with Crippen molar-refractivity contribution in [2.75, 3.05) is 20.2 Å². The van der Waals surface area contributed by atoms with Crippen LogP contribution in [0.4, 0.5) is 4.79 Å². The average molecular weight is 474 g/mol. The van der Waals surface area contributed by atoms with E-state index in [2.05, 4.69) is 4.90 Å². The largest absolute Gasteiger partial charge is 0.513 e. The summed E-state index contributed by atoms with van der Waals surface area (Å²) in [5.74, 6) is -0.0303. The zero-order valence-electron chi connectivity index (χ0n) is 20.0. The molecule has 0 aromatic heterocycles. The predicted molar refractivity (Wildman–Crippen MR) is 119 cm³/mol. The molecule has 184 valence electrons. The number of aliphatic hydroxyl groups is 1. The Bertz CT molecular complexity index is 1060. The van der Waals surface area contributed by atoms with Crippen molar-refractivity contribution in [2.24, 2.45) is 0 Å². The summed E-state index contributed by atoms with van der Waals surface area (Å²) in [6, 6.07) is 3.41. The summed E-state index contributed by atoms with van der Waals surface area (Å²) in [6.07, 6.45) is -0.0318. The van der Waals surface area contributed by atoms with Gasteiger partial charge in [-0.3, -0.25) is 9.59 Å². The van der Waals surface area contributed by atoms with Gasteiger partial charge >= 0.3 is 12.1 Å². The molecule has 2 fully saturated rings. The number of benzene rings is 1. The Morgan fingerprint density at radius 2 is 2.03 bits per heavy atom. The lowest BCUT2D eigenvalue weighted by Gasteiger charge is -2.61. The van der Waals surface area contributed by atoms with Crippen LogP contribution in [0.1, 0.15) is 57.6 Å². The molecule has 0 unspecified atom stereocenters. The van der Waals surface area contributed by atoms with E-state index in [1.165, 1.54) is 0 Å². The number of likely N-dealkylation sites (tertiary alicyclic amines) is 1. The van der Waals surface area contributed by atoms with Crippen LogP contribution in [0, 0.1) is 0 Å². The number of esters is 1. The minimum atomic E-state index is -1.09. The minimum absolute atomic E-state index is 0.0390. The highest BCUT2D eigenvalue weighted by atomic mass is 16.7. The molecule has 1 N–H and O–H groups in total. The first-order valence-corrected chi connectivity index (χ1v) is 11.8. The van der Waals surface area contributed by atoms with E-state index in [1.54, 1.807) is 26.8 Å². The van der Waals surface area contributed by atoms with Crippen molar-refractivity contribution in [2.45, 2.75) is 81.6 Å². The highest BCUT2D eigenvalue weighted by Crippen LogP contribution is 2.64. The van der Waals surface area contributed by atoms with Gasteiger partial charge in [-0.2, -0.15) is 0 Å². The second-order valence-corrected chi connectivity index (χ2v) is 10.8. The van der Waals surface area contributed by atoms with Gasteiger partial charge in [-0.05, 0) is 65.3 Å². The van der Waals surface area contributed by atoms with Gasteiger partial charge in [0.15, 0.2) is 23.4 Å². The number of likely N-dealkylation sites (N-methyl/N-ethyl adjacent to an activating group) is 1. The molecular formula is C25H31NO8. The van der Waals surface area contributed by atoms with Crippen molar-refractivity contribution in [3.8, 4) is 11.5 Å². The van der Waals surface area contributed by atoms with E-state index in [1.807, 2.05) is 13.1 Å². The van der Waals surface area contributed by atoms with Crippen LogP contribution in [0.25, 0.3) is 0 Å². The molecular weight excluding hydrogens is 442 g/mol. The maximum Gasteiger partial charge on any atom is 0.513 e. The van der Waals surface area contributed by atoms with Crippen molar-refractivity contribution in [1.29, 1.82) is 0 Å². The molecule has 1 spiro atoms. The van der Waals surface area contributed by atoms with Gasteiger partial charge in [-0.15, -0.1) is 0 Å². The molecule has 0 amide bonds. The number of carbonyl (C=O) groups is 3. The molecule has 9 nitrogen and oxygen atoms in total. The van der Waals surface area contributed by atoms with Gasteiger partial charge in [0.25, 0.3) is 0 Å². The highest BCUT2D eigenvalue weighted by Gasteiger charge is 2.72. The lowest BCUT2D eigenvalue weighted by atomic mass is 9.49. The number of rotatable bonds is 4. The Kier molecular flexibility index (Phi) is 5.22. The van der Waals surface area contributed by atoms with Crippen LogP contribution in [0.15, 0.2) is 12.1 Å². The van der Waals surface area contributed by atoms with Crippen LogP contribution in [0.3, 0.4) is 0 Å². The third kappa shape index (κ3) is 3.32. The lowest BCUT2D eigenvalue weighted by Crippen LogP contribution is -2.76. The first-order valence-electron chi connectivity index (χ1n) is 11.8. The number of piperidine rings is 1. The molecule has 4 aliphatic rings. The van der Waals surface area contributed by atoms with Crippen LogP contribution in [0.5, 0.6) is 11.5 Å². The number of ketones is 1. The Morgan fingerprint density at radius 1 is 1.26 bits per heavy atom. The fourth-order valence-electron chi connectivity index (χ4n) is 6.33. The van der Waals surface area contributed by atoms with Gasteiger partial charge in [-0.25, -0.2) is 4.79 Å². The molecule has 1 aromatic rings. The van der Waals surface area contributed by atoms with Crippen LogP contribution in [-0.4, -0.2) is 71.5 Å². The van der Waals surface area contributed by atoms with Crippen LogP contribution in [0.2, 0.25) is 0 Å². The number of Topliss-reactive ketones (excluding diaryl/α,β-unsaturated/α-hetero) is 1. The molecule has 4 atom stereocenters. The van der Waals surface area contributed by atoms with E-state index in [0.717, 1.165) is 17.7 Å². The standard InChI is InChI=1S/C25H31NO8/c1-23(2,3)34-18(28)8-12-31-22(29)32-16-6-5-14-13-17-25(30)9-7-15(27)21-24(25,10-11-26(17)4)19(14)20(16)33-21/h5-6,17,21,30H,7-13H2,1-4H3/t17-,21+,24+,25-/m0/s1. The quantitative estimate of drug-likeness (QED) is 0.520. The SMILES string of the molecule is CN1CC[C@@]23c4c5ccc(OC(=O)OCCC(=O)OC(C)(C)C)c4O[C@@H]2C(=O)CC[C@]3(O)[C@@H]1C5. The van der Waals surface area contributed by atoms with Crippen molar-refractivity contribution >= 4 is 17.9 Å². The summed E-state index contributed by atoms with van der Waals surface area (Å²) >= 11 is 0. The third-order valence-electron chi connectivity index (χ3n) is 7.65. The second kappa shape index (κ2) is 7.68. The molecule has 1 saturated carbocycles. The lowest BCUT2D eigenvalue weighted by molar-refractivity contribution is -0.185. The topological polar surface area (TPSA) is 112 Å². The van der Waals surface area contributed by atoms with Crippen molar-refractivity contribution in [3.05, 3.63) is 23.3 Å². The number of nitrogens with zero attached hydrogens (tertiary/aromatic N) is 1. The van der Waals surface area contributed by atoms with Crippen molar-refractivity contribution in [3.63, 3.8) is 0 Å². The summed E-state index contributed by atoms with van der Waals surface area (Å²) in [5.41, 5.74) is -0.772. The number of ether oxygens (including phenoxy) is 4. The predicted octanol–water partition coefficient (Wildman–Crippen LogP) is 2.29. The van der Waals surface area contributed by atoms with E-state index in [-0.39, 0.29) is 37.0 Å². The molecule has 1 saturated heterocycles. The maximum absolute atomic E-state index is 13.0. The Morgan fingerprint density at radius 3 is 2.76 bits per heavy atom. The molecule has 1 aromatic carbocycles. The van der Waals surface area contributed by atoms with Gasteiger partial charge in [0, 0.05) is 18.0 Å². The summed E-state index contributed by atoms with van der Waals surface area (Å²) < 4.78 is 21.9. The summed E-state index contributed by atoms with van der Waals surface area (Å²) in [7, 11) is 2.01. The number of hydrogen-bond acceptors (Lipinski definition) is 9. The third-order valence-corrected chi connectivity index (χ3v) is 7.65. The Hall–Kier alpha value is -2.65. The van der Waals surface area contributed by atoms with Crippen molar-refractivity contribution in [1.82, 2.24) is 4.90 Å². The second-order valence-electron chi connectivity index (χ2n) is 10.8. The maximum atomic E-state index is 13.0. The van der Waals surface area contributed by atoms with Crippen LogP contribution < -0.4 is 9.47 Å². The summed E-state index contributed by atoms with van der Waals surface area (Å²) in [6.45, 7) is 5.82. The normalized spacial score (nSPS) is 31.4. The number of carbonyl (C=O) groups excluding carboxylic acids is 3. The fraction of sp³-hybridized carbons (Fsp3) is 0.640. The Balaban J connectivity index is 1.39. The molecule has 2 heterocycles. The molecule has 34 heavy (non-hydrogen) atoms. The molecule has 5 rings (SSSR count). The monoisotopic (exact) mass is 473 g/mol. The number of hydrogen-bond donors (Lipinski definition) is 1. The fourth-order valence-corrected chi connectivity index (χ4v) is 6.33. The molecule has 9 heteroatoms. The highest BCUT2D eigenvalue weighted by molar-refractivity contribution is 5.90. The van der Waals surface area contributed by atoms with Gasteiger partial charge in [0.1, 0.15) is 12.2 Å². The van der Waals surface area contributed by atoms with Gasteiger partial charge < -0.3 is 29.0 Å². The summed E-state index contributed by atoms with van der Waals surface area (Å²) in [4.78, 5) is 39.3. The van der Waals surface area contributed by atoms with E-state index >= 15 is 0 Å². The smallest absolute Gasteiger partial charge is 0.477 e. The van der Waals surface area contributed by atoms with Gasteiger partial charge in [0.2, 0.25) is 0 Å². The average Bonchev–Trinajstić information content (AvgIpc) is 3.09. The first-order chi connectivity index (χ1) is 16.0. The zero-order valence-corrected chi connectivity index (χ0v) is 20.0. The zero-order chi connectivity index (χ0) is 24.5. The van der Waals surface area contributed by atoms with E-state index < -0.39 is 34.8 Å².